The van der Waals surface area contributed by atoms with Crippen LogP contribution in [0.3, 0.4) is 0 Å². The van der Waals surface area contributed by atoms with Gasteiger partial charge in [-0.3, -0.25) is 4.79 Å². The molecule has 2 rings (SSSR count). The Hall–Kier alpha value is -1.61. The van der Waals surface area contributed by atoms with Gasteiger partial charge in [0.25, 0.3) is 0 Å². The molecule has 0 aliphatic carbocycles. The van der Waals surface area contributed by atoms with Gasteiger partial charge in [-0.1, -0.05) is 49.8 Å². The van der Waals surface area contributed by atoms with Crippen LogP contribution < -0.4 is 0 Å². The fourth-order valence-corrected chi connectivity index (χ4v) is 3.16. The molecule has 3 heteroatoms. The molecule has 1 aliphatic rings. The van der Waals surface area contributed by atoms with E-state index in [2.05, 4.69) is 13.5 Å². The zero-order valence-corrected chi connectivity index (χ0v) is 12.0. The van der Waals surface area contributed by atoms with E-state index in [-0.39, 0.29) is 24.6 Å². The third-order valence-electron chi connectivity index (χ3n) is 4.28. The van der Waals surface area contributed by atoms with Crippen molar-refractivity contribution in [3.63, 3.8) is 0 Å². The lowest BCUT2D eigenvalue weighted by Crippen LogP contribution is -2.50. The molecule has 20 heavy (non-hydrogen) atoms. The molecule has 0 spiro atoms. The number of rotatable bonds is 5. The number of carbonyl (C=O) groups is 1. The van der Waals surface area contributed by atoms with Gasteiger partial charge >= 0.3 is 0 Å². The molecule has 1 aliphatic heterocycles. The first-order valence-corrected chi connectivity index (χ1v) is 7.32. The smallest absolute Gasteiger partial charge is 0.223 e. The summed E-state index contributed by atoms with van der Waals surface area (Å²) in [5.41, 5.74) is 0.979. The molecule has 1 heterocycles. The molecule has 0 bridgehead atoms. The van der Waals surface area contributed by atoms with Crippen LogP contribution in [0.2, 0.25) is 0 Å². The normalized spacial score (nSPS) is 24.5. The Labute approximate surface area is 120 Å². The molecule has 0 saturated carbocycles. The van der Waals surface area contributed by atoms with Gasteiger partial charge in [0.05, 0.1) is 18.7 Å². The Kier molecular flexibility index (Phi) is 4.96. The van der Waals surface area contributed by atoms with Gasteiger partial charge in [-0.05, 0) is 17.9 Å². The number of carbonyl (C=O) groups excluding carboxylic acids is 1. The molecule has 0 radical (unpaired) electrons. The lowest BCUT2D eigenvalue weighted by Gasteiger charge is -2.43. The molecule has 108 valence electrons. The van der Waals surface area contributed by atoms with E-state index >= 15 is 0 Å². The van der Waals surface area contributed by atoms with Gasteiger partial charge < -0.3 is 10.0 Å². The Morgan fingerprint density at radius 1 is 1.45 bits per heavy atom. The molecule has 1 aromatic carbocycles. The predicted octanol–water partition coefficient (Wildman–Crippen LogP) is 2.92. The number of aliphatic hydroxyl groups excluding tert-OH is 1. The van der Waals surface area contributed by atoms with E-state index in [1.807, 2.05) is 41.3 Å². The van der Waals surface area contributed by atoms with Gasteiger partial charge in [0, 0.05) is 6.42 Å². The van der Waals surface area contributed by atoms with E-state index in [0.29, 0.717) is 12.3 Å². The van der Waals surface area contributed by atoms with Crippen LogP contribution in [0.5, 0.6) is 0 Å². The third kappa shape index (κ3) is 2.78. The monoisotopic (exact) mass is 273 g/mol. The molecule has 1 fully saturated rings. The third-order valence-corrected chi connectivity index (χ3v) is 4.28. The molecule has 3 atom stereocenters. The Balaban J connectivity index is 2.34. The van der Waals surface area contributed by atoms with E-state index in [9.17, 15) is 9.90 Å². The van der Waals surface area contributed by atoms with Crippen molar-refractivity contribution in [1.29, 1.82) is 0 Å². The van der Waals surface area contributed by atoms with Crippen LogP contribution in [-0.2, 0) is 4.79 Å². The maximum atomic E-state index is 12.4. The first-order chi connectivity index (χ1) is 9.72. The number of hydrogen-bond acceptors (Lipinski definition) is 2. The summed E-state index contributed by atoms with van der Waals surface area (Å²) in [7, 11) is 0. The summed E-state index contributed by atoms with van der Waals surface area (Å²) in [6, 6.07) is 9.47. The SMILES string of the molecule is C=C[C@H]1[C@H](CC)CCC(=O)N1[C@@H](CO)c1ccccc1. The predicted molar refractivity (Wildman–Crippen MR) is 80.1 cm³/mol. The maximum Gasteiger partial charge on any atom is 0.223 e. The number of benzene rings is 1. The van der Waals surface area contributed by atoms with Gasteiger partial charge in [0.15, 0.2) is 0 Å². The van der Waals surface area contributed by atoms with Crippen molar-refractivity contribution in [2.75, 3.05) is 6.61 Å². The van der Waals surface area contributed by atoms with Crippen LogP contribution in [0, 0.1) is 5.92 Å². The molecular formula is C17H23NO2. The quantitative estimate of drug-likeness (QED) is 0.838. The second-order valence-electron chi connectivity index (χ2n) is 5.34. The van der Waals surface area contributed by atoms with E-state index in [0.717, 1.165) is 18.4 Å². The molecule has 1 amide bonds. The average Bonchev–Trinajstić information content (AvgIpc) is 2.50. The summed E-state index contributed by atoms with van der Waals surface area (Å²) in [5, 5.41) is 9.79. The fourth-order valence-electron chi connectivity index (χ4n) is 3.16. The highest BCUT2D eigenvalue weighted by atomic mass is 16.3. The zero-order valence-electron chi connectivity index (χ0n) is 12.0. The van der Waals surface area contributed by atoms with E-state index in [4.69, 9.17) is 0 Å². The van der Waals surface area contributed by atoms with Crippen molar-refractivity contribution in [2.45, 2.75) is 38.3 Å². The number of aliphatic hydroxyl groups is 1. The largest absolute Gasteiger partial charge is 0.394 e. The standard InChI is InChI=1S/C17H23NO2/c1-3-13-10-11-17(20)18(15(13)4-2)16(12-19)14-8-6-5-7-9-14/h4-9,13,15-16,19H,2-3,10-12H2,1H3/t13-,15+,16+/m1/s1. The highest BCUT2D eigenvalue weighted by molar-refractivity contribution is 5.78. The molecule has 3 nitrogen and oxygen atoms in total. The van der Waals surface area contributed by atoms with Gasteiger partial charge in [0.1, 0.15) is 0 Å². The number of piperidine rings is 1. The number of nitrogens with zero attached hydrogens (tertiary/aromatic N) is 1. The molecule has 1 N–H and O–H groups in total. The van der Waals surface area contributed by atoms with Crippen LogP contribution >= 0.6 is 0 Å². The van der Waals surface area contributed by atoms with E-state index in [1.165, 1.54) is 0 Å². The Morgan fingerprint density at radius 2 is 2.15 bits per heavy atom. The van der Waals surface area contributed by atoms with Crippen LogP contribution in [-0.4, -0.2) is 28.6 Å². The summed E-state index contributed by atoms with van der Waals surface area (Å²) in [5.74, 6) is 0.547. The Morgan fingerprint density at radius 3 is 2.70 bits per heavy atom. The maximum absolute atomic E-state index is 12.4. The topological polar surface area (TPSA) is 40.5 Å². The van der Waals surface area contributed by atoms with Crippen molar-refractivity contribution in [3.8, 4) is 0 Å². The minimum Gasteiger partial charge on any atom is -0.394 e. The van der Waals surface area contributed by atoms with Gasteiger partial charge in [-0.2, -0.15) is 0 Å². The van der Waals surface area contributed by atoms with Crippen molar-refractivity contribution >= 4 is 5.91 Å². The summed E-state index contributed by atoms with van der Waals surface area (Å²) >= 11 is 0. The molecule has 0 aromatic heterocycles. The summed E-state index contributed by atoms with van der Waals surface area (Å²) in [6.45, 7) is 5.99. The van der Waals surface area contributed by atoms with Crippen LogP contribution in [0.25, 0.3) is 0 Å². The van der Waals surface area contributed by atoms with Crippen molar-refractivity contribution in [3.05, 3.63) is 48.6 Å². The van der Waals surface area contributed by atoms with Crippen molar-refractivity contribution < 1.29 is 9.90 Å². The molecular weight excluding hydrogens is 250 g/mol. The second-order valence-corrected chi connectivity index (χ2v) is 5.34. The summed E-state index contributed by atoms with van der Waals surface area (Å²) in [6.07, 6.45) is 4.35. The second kappa shape index (κ2) is 6.71. The molecule has 1 saturated heterocycles. The van der Waals surface area contributed by atoms with Gasteiger partial charge in [-0.15, -0.1) is 6.58 Å². The minimum absolute atomic E-state index is 0.0126. The molecule has 1 aromatic rings. The van der Waals surface area contributed by atoms with E-state index < -0.39 is 0 Å². The Bertz CT molecular complexity index is 457. The zero-order chi connectivity index (χ0) is 14.5. The van der Waals surface area contributed by atoms with Crippen molar-refractivity contribution in [1.82, 2.24) is 4.90 Å². The van der Waals surface area contributed by atoms with Gasteiger partial charge in [-0.25, -0.2) is 0 Å². The lowest BCUT2D eigenvalue weighted by atomic mass is 9.85. The average molecular weight is 273 g/mol. The molecule has 0 unspecified atom stereocenters. The van der Waals surface area contributed by atoms with Gasteiger partial charge in [0.2, 0.25) is 5.91 Å². The number of amides is 1. The minimum atomic E-state index is -0.277. The van der Waals surface area contributed by atoms with Crippen LogP contribution in [0.4, 0.5) is 0 Å². The first-order valence-electron chi connectivity index (χ1n) is 7.32. The lowest BCUT2D eigenvalue weighted by molar-refractivity contribution is -0.141. The van der Waals surface area contributed by atoms with Crippen LogP contribution in [0.1, 0.15) is 37.8 Å². The fraction of sp³-hybridized carbons (Fsp3) is 0.471. The van der Waals surface area contributed by atoms with E-state index in [1.54, 1.807) is 0 Å². The first kappa shape index (κ1) is 14.8. The number of likely N-dealkylation sites (tertiary alicyclic amines) is 1. The van der Waals surface area contributed by atoms with Crippen LogP contribution in [0.15, 0.2) is 43.0 Å². The summed E-state index contributed by atoms with van der Waals surface area (Å²) < 4.78 is 0. The summed E-state index contributed by atoms with van der Waals surface area (Å²) in [4.78, 5) is 14.2. The highest BCUT2D eigenvalue weighted by Crippen LogP contribution is 2.34. The highest BCUT2D eigenvalue weighted by Gasteiger charge is 2.37. The van der Waals surface area contributed by atoms with Crippen molar-refractivity contribution in [2.24, 2.45) is 5.92 Å². The number of hydrogen-bond donors (Lipinski definition) is 1.